The normalized spacial score (nSPS) is 14.9. The number of carbonyl (C=O) groups is 1. The Morgan fingerprint density at radius 1 is 1.04 bits per heavy atom. The van der Waals surface area contributed by atoms with Crippen LogP contribution >= 0.6 is 0 Å². The van der Waals surface area contributed by atoms with Crippen LogP contribution in [0.3, 0.4) is 0 Å². The van der Waals surface area contributed by atoms with Gasteiger partial charge in [-0.15, -0.1) is 0 Å². The van der Waals surface area contributed by atoms with Gasteiger partial charge in [0.05, 0.1) is 18.9 Å². The molecule has 2 aromatic heterocycles. The number of fused-ring (bicyclic) bond motifs is 3. The van der Waals surface area contributed by atoms with Gasteiger partial charge in [0.1, 0.15) is 5.76 Å². The zero-order valence-electron chi connectivity index (χ0n) is 15.9. The zero-order valence-corrected chi connectivity index (χ0v) is 15.9. The van der Waals surface area contributed by atoms with Crippen molar-refractivity contribution in [1.29, 1.82) is 0 Å². The molecule has 5 rings (SSSR count). The smallest absolute Gasteiger partial charge is 0.254 e. The van der Waals surface area contributed by atoms with Gasteiger partial charge in [0, 0.05) is 46.0 Å². The molecule has 0 aliphatic carbocycles. The first-order chi connectivity index (χ1) is 13.6. The van der Waals surface area contributed by atoms with Crippen molar-refractivity contribution >= 4 is 27.7 Å². The first-order valence-corrected chi connectivity index (χ1v) is 9.47. The number of nitrogens with one attached hydrogen (secondary N) is 1. The van der Waals surface area contributed by atoms with Crippen molar-refractivity contribution in [3.63, 3.8) is 0 Å². The highest BCUT2D eigenvalue weighted by Gasteiger charge is 2.19. The third-order valence-corrected chi connectivity index (χ3v) is 5.47. The van der Waals surface area contributed by atoms with Crippen LogP contribution in [0.4, 0.5) is 0 Å². The van der Waals surface area contributed by atoms with Crippen LogP contribution in [0, 0.1) is 13.8 Å². The van der Waals surface area contributed by atoms with Crippen LogP contribution in [0.1, 0.15) is 21.8 Å². The van der Waals surface area contributed by atoms with E-state index in [-0.39, 0.29) is 5.91 Å². The molecule has 4 aromatic rings. The molecule has 1 saturated heterocycles. The number of nitrogens with zero attached hydrogens (tertiary/aromatic N) is 2. The minimum atomic E-state index is 0.0558. The molecule has 0 atom stereocenters. The molecule has 0 unspecified atom stereocenters. The molecular formula is C22H21N3O3. The average Bonchev–Trinajstić information content (AvgIpc) is 3.26. The monoisotopic (exact) mass is 375 g/mol. The summed E-state index contributed by atoms with van der Waals surface area (Å²) < 4.78 is 10.7. The van der Waals surface area contributed by atoms with E-state index in [9.17, 15) is 4.79 Å². The summed E-state index contributed by atoms with van der Waals surface area (Å²) >= 11 is 0. The minimum Gasteiger partial charge on any atom is -0.378 e. The van der Waals surface area contributed by atoms with E-state index in [0.717, 1.165) is 44.4 Å². The van der Waals surface area contributed by atoms with Crippen molar-refractivity contribution in [2.45, 2.75) is 13.8 Å². The summed E-state index contributed by atoms with van der Waals surface area (Å²) in [6, 6.07) is 12.2. The molecule has 0 bridgehead atoms. The summed E-state index contributed by atoms with van der Waals surface area (Å²) in [5, 5.41) is 6.29. The van der Waals surface area contributed by atoms with Crippen molar-refractivity contribution in [3.05, 3.63) is 53.4 Å². The number of aromatic nitrogens is 2. The highest BCUT2D eigenvalue weighted by atomic mass is 16.5. The summed E-state index contributed by atoms with van der Waals surface area (Å²) in [6.07, 6.45) is 0. The number of aromatic amines is 1. The summed E-state index contributed by atoms with van der Waals surface area (Å²) in [5.74, 6) is 0.871. The lowest BCUT2D eigenvalue weighted by Gasteiger charge is -2.26. The maximum absolute atomic E-state index is 12.8. The first-order valence-electron chi connectivity index (χ1n) is 9.47. The Bertz CT molecular complexity index is 1180. The number of hydrogen-bond donors (Lipinski definition) is 1. The number of aryl methyl sites for hydroxylation is 2. The quantitative estimate of drug-likeness (QED) is 0.573. The molecular weight excluding hydrogens is 354 g/mol. The molecule has 1 aliphatic heterocycles. The number of amides is 1. The Balaban J connectivity index is 1.58. The Labute approximate surface area is 162 Å². The van der Waals surface area contributed by atoms with Crippen LogP contribution < -0.4 is 0 Å². The summed E-state index contributed by atoms with van der Waals surface area (Å²) in [5.41, 5.74) is 5.71. The van der Waals surface area contributed by atoms with Gasteiger partial charge in [0.2, 0.25) is 0 Å². The molecule has 2 aromatic carbocycles. The summed E-state index contributed by atoms with van der Waals surface area (Å²) in [6.45, 7) is 6.37. The molecule has 1 fully saturated rings. The molecule has 6 heteroatoms. The van der Waals surface area contributed by atoms with E-state index in [2.05, 4.69) is 28.3 Å². The minimum absolute atomic E-state index is 0.0558. The van der Waals surface area contributed by atoms with Gasteiger partial charge in [-0.3, -0.25) is 4.79 Å². The van der Waals surface area contributed by atoms with Crippen LogP contribution in [0.15, 0.2) is 40.9 Å². The van der Waals surface area contributed by atoms with Crippen molar-refractivity contribution in [3.8, 4) is 11.1 Å². The fourth-order valence-corrected chi connectivity index (χ4v) is 4.04. The second-order valence-corrected chi connectivity index (χ2v) is 7.25. The highest BCUT2D eigenvalue weighted by molar-refractivity contribution is 6.10. The van der Waals surface area contributed by atoms with Crippen LogP contribution in [0.25, 0.3) is 32.9 Å². The largest absolute Gasteiger partial charge is 0.378 e. The van der Waals surface area contributed by atoms with E-state index in [0.29, 0.717) is 31.9 Å². The standard InChI is InChI=1S/C22H21N3O3/c1-13-21(14(2)28-24-13)15-4-6-19-18(11-15)17-5-3-16(12-20(17)23-19)22(26)25-7-9-27-10-8-25/h3-6,11-12,23H,7-10H2,1-2H3. The molecule has 0 spiro atoms. The number of ether oxygens (including phenoxy) is 1. The fraction of sp³-hybridized carbons (Fsp3) is 0.273. The predicted molar refractivity (Wildman–Crippen MR) is 107 cm³/mol. The summed E-state index contributed by atoms with van der Waals surface area (Å²) in [7, 11) is 0. The number of H-pyrrole nitrogens is 1. The Hall–Kier alpha value is -3.12. The van der Waals surface area contributed by atoms with Gasteiger partial charge in [-0.25, -0.2) is 0 Å². The van der Waals surface area contributed by atoms with Gasteiger partial charge < -0.3 is 19.1 Å². The van der Waals surface area contributed by atoms with Gasteiger partial charge in [0.15, 0.2) is 0 Å². The average molecular weight is 375 g/mol. The van der Waals surface area contributed by atoms with Crippen LogP contribution in [-0.4, -0.2) is 47.3 Å². The van der Waals surface area contributed by atoms with Crippen LogP contribution in [0.5, 0.6) is 0 Å². The van der Waals surface area contributed by atoms with E-state index in [1.807, 2.05) is 36.9 Å². The summed E-state index contributed by atoms with van der Waals surface area (Å²) in [4.78, 5) is 18.1. The molecule has 142 valence electrons. The molecule has 0 radical (unpaired) electrons. The van der Waals surface area contributed by atoms with E-state index in [1.165, 1.54) is 0 Å². The molecule has 0 saturated carbocycles. The van der Waals surface area contributed by atoms with Crippen molar-refractivity contribution in [1.82, 2.24) is 15.0 Å². The Kier molecular flexibility index (Phi) is 3.94. The molecule has 1 N–H and O–H groups in total. The van der Waals surface area contributed by atoms with Gasteiger partial charge in [0.25, 0.3) is 5.91 Å². The zero-order chi connectivity index (χ0) is 19.3. The highest BCUT2D eigenvalue weighted by Crippen LogP contribution is 2.33. The van der Waals surface area contributed by atoms with E-state index >= 15 is 0 Å². The van der Waals surface area contributed by atoms with Crippen molar-refractivity contribution in [2.75, 3.05) is 26.3 Å². The molecule has 1 aliphatic rings. The Morgan fingerprint density at radius 3 is 2.61 bits per heavy atom. The number of hydrogen-bond acceptors (Lipinski definition) is 4. The van der Waals surface area contributed by atoms with Gasteiger partial charge >= 0.3 is 0 Å². The third kappa shape index (κ3) is 2.68. The van der Waals surface area contributed by atoms with Crippen LogP contribution in [0.2, 0.25) is 0 Å². The Morgan fingerprint density at radius 2 is 1.86 bits per heavy atom. The molecule has 6 nitrogen and oxygen atoms in total. The SMILES string of the molecule is Cc1noc(C)c1-c1ccc2[nH]c3cc(C(=O)N4CCOCC4)ccc3c2c1. The lowest BCUT2D eigenvalue weighted by atomic mass is 10.0. The van der Waals surface area contributed by atoms with Gasteiger partial charge in [-0.1, -0.05) is 17.3 Å². The number of benzene rings is 2. The topological polar surface area (TPSA) is 71.4 Å². The third-order valence-electron chi connectivity index (χ3n) is 5.47. The first kappa shape index (κ1) is 17.0. The number of rotatable bonds is 2. The molecule has 1 amide bonds. The lowest BCUT2D eigenvalue weighted by molar-refractivity contribution is 0.0303. The number of carbonyl (C=O) groups excluding carboxylic acids is 1. The second kappa shape index (κ2) is 6.49. The van der Waals surface area contributed by atoms with Gasteiger partial charge in [-0.2, -0.15) is 0 Å². The van der Waals surface area contributed by atoms with Crippen molar-refractivity contribution < 1.29 is 14.1 Å². The van der Waals surface area contributed by atoms with E-state index in [4.69, 9.17) is 9.26 Å². The second-order valence-electron chi connectivity index (χ2n) is 7.25. The lowest BCUT2D eigenvalue weighted by Crippen LogP contribution is -2.40. The molecule has 28 heavy (non-hydrogen) atoms. The maximum Gasteiger partial charge on any atom is 0.254 e. The predicted octanol–water partition coefficient (Wildman–Crippen LogP) is 4.07. The number of morpholine rings is 1. The van der Waals surface area contributed by atoms with E-state index < -0.39 is 0 Å². The van der Waals surface area contributed by atoms with Crippen LogP contribution in [-0.2, 0) is 4.74 Å². The fourth-order valence-electron chi connectivity index (χ4n) is 4.04. The van der Waals surface area contributed by atoms with E-state index in [1.54, 1.807) is 0 Å². The molecule has 3 heterocycles. The maximum atomic E-state index is 12.8. The van der Waals surface area contributed by atoms with Crippen molar-refractivity contribution in [2.24, 2.45) is 0 Å². The van der Waals surface area contributed by atoms with Gasteiger partial charge in [-0.05, 0) is 43.7 Å².